The topological polar surface area (TPSA) is 105 Å². The highest BCUT2D eigenvalue weighted by Gasteiger charge is 2.34. The van der Waals surface area contributed by atoms with Crippen molar-refractivity contribution in [1.82, 2.24) is 14.4 Å². The molecule has 3 aromatic rings. The molecule has 1 N–H and O–H groups in total. The van der Waals surface area contributed by atoms with Gasteiger partial charge in [-0.1, -0.05) is 24.2 Å². The molecule has 0 saturated carbocycles. The molecule has 0 radical (unpaired) electrons. The summed E-state index contributed by atoms with van der Waals surface area (Å²) >= 11 is 1.07. The van der Waals surface area contributed by atoms with Gasteiger partial charge in [0.05, 0.1) is 11.6 Å². The van der Waals surface area contributed by atoms with Gasteiger partial charge in [0.25, 0.3) is 10.0 Å². The van der Waals surface area contributed by atoms with Crippen LogP contribution in [0.15, 0.2) is 44.4 Å². The van der Waals surface area contributed by atoms with Crippen molar-refractivity contribution in [3.63, 3.8) is 0 Å². The number of rotatable bonds is 6. The Kier molecular flexibility index (Phi) is 6.17. The molecular weight excluding hydrogens is 443 g/mol. The number of aryl methyl sites for hydroxylation is 1. The van der Waals surface area contributed by atoms with Gasteiger partial charge in [0, 0.05) is 30.5 Å². The number of benzene rings is 1. The van der Waals surface area contributed by atoms with Gasteiger partial charge in [-0.3, -0.25) is 4.79 Å². The van der Waals surface area contributed by atoms with Crippen LogP contribution in [0, 0.1) is 11.7 Å². The van der Waals surface area contributed by atoms with E-state index in [9.17, 15) is 17.6 Å². The molecule has 1 saturated heterocycles. The summed E-state index contributed by atoms with van der Waals surface area (Å²) in [6.07, 6.45) is 1.66. The largest absolute Gasteiger partial charge is 0.339 e. The summed E-state index contributed by atoms with van der Waals surface area (Å²) in [7, 11) is -3.78. The summed E-state index contributed by atoms with van der Waals surface area (Å²) in [6, 6.07) is 7.41. The van der Waals surface area contributed by atoms with Crippen molar-refractivity contribution in [3.05, 3.63) is 47.4 Å². The lowest BCUT2D eigenvalue weighted by molar-refractivity contribution is -0.120. The number of hydrogen-bond acceptors (Lipinski definition) is 7. The molecule has 1 unspecified atom stereocenters. The number of carbonyl (C=O) groups is 1. The highest BCUT2D eigenvalue weighted by Crippen LogP contribution is 2.31. The lowest BCUT2D eigenvalue weighted by Gasteiger charge is -2.30. The number of sulfonamides is 1. The molecule has 1 atom stereocenters. The molecule has 3 heterocycles. The molecule has 1 aromatic carbocycles. The Labute approximate surface area is 183 Å². The average molecular weight is 465 g/mol. The molecule has 1 aliphatic rings. The lowest BCUT2D eigenvalue weighted by Crippen LogP contribution is -2.43. The van der Waals surface area contributed by atoms with E-state index in [4.69, 9.17) is 4.52 Å². The highest BCUT2D eigenvalue weighted by atomic mass is 32.2. The van der Waals surface area contributed by atoms with Gasteiger partial charge in [-0.15, -0.1) is 11.3 Å². The molecular formula is C20H21FN4O4S2. The quantitative estimate of drug-likeness (QED) is 0.598. The summed E-state index contributed by atoms with van der Waals surface area (Å²) in [5, 5.41) is 8.11. The molecule has 1 aliphatic heterocycles. The van der Waals surface area contributed by atoms with Crippen molar-refractivity contribution >= 4 is 33.0 Å². The van der Waals surface area contributed by atoms with E-state index in [0.717, 1.165) is 11.3 Å². The summed E-state index contributed by atoms with van der Waals surface area (Å²) in [4.78, 5) is 16.9. The minimum Gasteiger partial charge on any atom is -0.339 e. The Morgan fingerprint density at radius 2 is 2.19 bits per heavy atom. The second kappa shape index (κ2) is 8.85. The molecule has 4 rings (SSSR count). The van der Waals surface area contributed by atoms with E-state index in [2.05, 4.69) is 15.5 Å². The minimum atomic E-state index is -3.78. The van der Waals surface area contributed by atoms with E-state index >= 15 is 0 Å². The van der Waals surface area contributed by atoms with E-state index in [0.29, 0.717) is 43.1 Å². The zero-order valence-corrected chi connectivity index (χ0v) is 18.4. The van der Waals surface area contributed by atoms with Gasteiger partial charge in [0.2, 0.25) is 17.6 Å². The van der Waals surface area contributed by atoms with Crippen LogP contribution in [0.5, 0.6) is 0 Å². The van der Waals surface area contributed by atoms with Gasteiger partial charge < -0.3 is 9.84 Å². The molecule has 0 aliphatic carbocycles. The van der Waals surface area contributed by atoms with Crippen LogP contribution in [0.4, 0.5) is 10.1 Å². The monoisotopic (exact) mass is 464 g/mol. The van der Waals surface area contributed by atoms with E-state index in [1.165, 1.54) is 28.6 Å². The van der Waals surface area contributed by atoms with Gasteiger partial charge in [-0.05, 0) is 31.0 Å². The van der Waals surface area contributed by atoms with Crippen LogP contribution in [0.1, 0.15) is 25.7 Å². The Hall–Kier alpha value is -2.63. The lowest BCUT2D eigenvalue weighted by atomic mass is 9.98. The SMILES string of the molecule is CCc1nc(-c2csc(S(=O)(=O)N3CCCC(C(=O)Nc4ccccc4F)C3)c2)no1. The van der Waals surface area contributed by atoms with Crippen LogP contribution < -0.4 is 5.32 Å². The van der Waals surface area contributed by atoms with Crippen molar-refractivity contribution in [2.45, 2.75) is 30.4 Å². The number of carbonyl (C=O) groups excluding carboxylic acids is 1. The maximum absolute atomic E-state index is 13.8. The molecule has 0 bridgehead atoms. The molecule has 1 fully saturated rings. The van der Waals surface area contributed by atoms with Crippen LogP contribution in [-0.2, 0) is 21.2 Å². The predicted octanol–water partition coefficient (Wildman–Crippen LogP) is 3.54. The smallest absolute Gasteiger partial charge is 0.252 e. The zero-order chi connectivity index (χ0) is 22.0. The molecule has 11 heteroatoms. The third-order valence-electron chi connectivity index (χ3n) is 5.08. The first-order chi connectivity index (χ1) is 14.9. The number of anilines is 1. The molecule has 8 nitrogen and oxygen atoms in total. The van der Waals surface area contributed by atoms with Crippen molar-refractivity contribution in [3.8, 4) is 11.4 Å². The number of amides is 1. The van der Waals surface area contributed by atoms with Crippen LogP contribution >= 0.6 is 11.3 Å². The summed E-state index contributed by atoms with van der Waals surface area (Å²) in [5.74, 6) is -0.668. The number of aromatic nitrogens is 2. The highest BCUT2D eigenvalue weighted by molar-refractivity contribution is 7.91. The fourth-order valence-electron chi connectivity index (χ4n) is 3.38. The molecule has 31 heavy (non-hydrogen) atoms. The number of para-hydroxylation sites is 1. The second-order valence-electron chi connectivity index (χ2n) is 7.19. The van der Waals surface area contributed by atoms with Crippen LogP contribution in [0.3, 0.4) is 0 Å². The molecule has 2 aromatic heterocycles. The van der Waals surface area contributed by atoms with Crippen LogP contribution in [0.2, 0.25) is 0 Å². The van der Waals surface area contributed by atoms with Gasteiger partial charge >= 0.3 is 0 Å². The summed E-state index contributed by atoms with van der Waals surface area (Å²) < 4.78 is 46.7. The first-order valence-corrected chi connectivity index (χ1v) is 12.2. The number of piperidine rings is 1. The Bertz CT molecular complexity index is 1190. The third kappa shape index (κ3) is 4.53. The van der Waals surface area contributed by atoms with E-state index in [1.807, 2.05) is 6.92 Å². The maximum Gasteiger partial charge on any atom is 0.252 e. The van der Waals surface area contributed by atoms with Crippen molar-refractivity contribution < 1.29 is 22.1 Å². The number of thiophene rings is 1. The zero-order valence-electron chi connectivity index (χ0n) is 16.7. The van der Waals surface area contributed by atoms with Crippen molar-refractivity contribution in [2.75, 3.05) is 18.4 Å². The number of nitrogens with zero attached hydrogens (tertiary/aromatic N) is 3. The van der Waals surface area contributed by atoms with Gasteiger partial charge in [-0.2, -0.15) is 9.29 Å². The predicted molar refractivity (Wildman–Crippen MR) is 114 cm³/mol. The summed E-state index contributed by atoms with van der Waals surface area (Å²) in [5.41, 5.74) is 0.653. The Morgan fingerprint density at radius 3 is 2.94 bits per heavy atom. The minimum absolute atomic E-state index is 0.0397. The first kappa shape index (κ1) is 21.6. The van der Waals surface area contributed by atoms with Gasteiger partial charge in [0.1, 0.15) is 10.0 Å². The first-order valence-electron chi connectivity index (χ1n) is 9.85. The maximum atomic E-state index is 13.8. The number of nitrogens with one attached hydrogen (secondary N) is 1. The van der Waals surface area contributed by atoms with E-state index < -0.39 is 27.7 Å². The van der Waals surface area contributed by atoms with E-state index in [1.54, 1.807) is 11.4 Å². The number of halogens is 1. The molecule has 0 spiro atoms. The molecule has 164 valence electrons. The van der Waals surface area contributed by atoms with Crippen LogP contribution in [-0.4, -0.2) is 41.9 Å². The van der Waals surface area contributed by atoms with E-state index in [-0.39, 0.29) is 16.4 Å². The normalized spacial score (nSPS) is 17.5. The van der Waals surface area contributed by atoms with Crippen molar-refractivity contribution in [2.24, 2.45) is 5.92 Å². The molecule has 1 amide bonds. The third-order valence-corrected chi connectivity index (χ3v) is 8.37. The van der Waals surface area contributed by atoms with Crippen LogP contribution in [0.25, 0.3) is 11.4 Å². The fraction of sp³-hybridized carbons (Fsp3) is 0.350. The second-order valence-corrected chi connectivity index (χ2v) is 10.3. The Balaban J connectivity index is 1.48. The average Bonchev–Trinajstić information content (AvgIpc) is 3.45. The summed E-state index contributed by atoms with van der Waals surface area (Å²) in [6.45, 7) is 2.25. The fourth-order valence-corrected chi connectivity index (χ4v) is 6.22. The Morgan fingerprint density at radius 1 is 1.39 bits per heavy atom. The standard InChI is InChI=1S/C20H21FN4O4S2/c1-2-17-23-19(24-29-17)14-10-18(30-12-14)31(27,28)25-9-5-6-13(11-25)20(26)22-16-8-4-3-7-15(16)21/h3-4,7-8,10,12-13H,2,5-6,9,11H2,1H3,(H,22,26). The van der Waals surface area contributed by atoms with Crippen molar-refractivity contribution in [1.29, 1.82) is 0 Å². The van der Waals surface area contributed by atoms with Gasteiger partial charge in [0.15, 0.2) is 0 Å². The van der Waals surface area contributed by atoms with Gasteiger partial charge in [-0.25, -0.2) is 12.8 Å². The number of hydrogen-bond donors (Lipinski definition) is 1.